The molecule has 0 N–H and O–H groups in total. The fraction of sp³-hybridized carbons (Fsp3) is 0.500. The molecule has 0 amide bonds. The molecule has 1 aliphatic heterocycles. The third-order valence-electron chi connectivity index (χ3n) is 5.32. The molecule has 1 aromatic carbocycles. The summed E-state index contributed by atoms with van der Waals surface area (Å²) in [5, 5.41) is 1.41. The normalized spacial score (nSPS) is 19.3. The van der Waals surface area contributed by atoms with Crippen molar-refractivity contribution >= 4 is 25.3 Å². The van der Waals surface area contributed by atoms with Crippen molar-refractivity contribution in [2.45, 2.75) is 50.9 Å². The lowest BCUT2D eigenvalue weighted by Gasteiger charge is -2.19. The van der Waals surface area contributed by atoms with Crippen LogP contribution in [0.5, 0.6) is 0 Å². The predicted molar refractivity (Wildman–Crippen MR) is 104 cm³/mol. The molecule has 1 saturated carbocycles. The van der Waals surface area contributed by atoms with Crippen LogP contribution in [-0.4, -0.2) is 21.4 Å². The first-order chi connectivity index (χ1) is 11.8. The molecule has 1 aliphatic carbocycles. The van der Waals surface area contributed by atoms with E-state index in [1.807, 2.05) is 0 Å². The van der Waals surface area contributed by atoms with E-state index in [1.165, 1.54) is 60.3 Å². The predicted octanol–water partition coefficient (Wildman–Crippen LogP) is 4.49. The van der Waals surface area contributed by atoms with Gasteiger partial charge in [0.2, 0.25) is 0 Å². The van der Waals surface area contributed by atoms with E-state index in [4.69, 9.17) is 9.98 Å². The van der Waals surface area contributed by atoms with E-state index in [0.717, 1.165) is 27.6 Å². The number of aryl methyl sites for hydroxylation is 2. The number of hydrogen-bond donors (Lipinski definition) is 0. The maximum absolute atomic E-state index is 4.97. The van der Waals surface area contributed by atoms with Crippen molar-refractivity contribution in [1.82, 2.24) is 9.55 Å². The summed E-state index contributed by atoms with van der Waals surface area (Å²) in [5.74, 6) is 1.92. The molecular formula is C20H26N3P. The van der Waals surface area contributed by atoms with Crippen molar-refractivity contribution in [3.05, 3.63) is 42.0 Å². The molecule has 4 heteroatoms. The summed E-state index contributed by atoms with van der Waals surface area (Å²) in [4.78, 5) is 9.85. The number of hydrogen-bond acceptors (Lipinski definition) is 2. The number of aromatic nitrogens is 2. The number of benzene rings is 1. The van der Waals surface area contributed by atoms with Gasteiger partial charge in [-0.05, 0) is 30.6 Å². The highest BCUT2D eigenvalue weighted by Gasteiger charge is 2.19. The highest BCUT2D eigenvalue weighted by molar-refractivity contribution is 7.49. The van der Waals surface area contributed by atoms with E-state index >= 15 is 0 Å². The van der Waals surface area contributed by atoms with Crippen molar-refractivity contribution in [3.63, 3.8) is 0 Å². The van der Waals surface area contributed by atoms with Gasteiger partial charge in [0.25, 0.3) is 0 Å². The molecule has 2 aromatic rings. The summed E-state index contributed by atoms with van der Waals surface area (Å²) in [5.41, 5.74) is 3.85. The van der Waals surface area contributed by atoms with Gasteiger partial charge in [0, 0.05) is 37.5 Å². The summed E-state index contributed by atoms with van der Waals surface area (Å²) < 4.78 is 2.24. The van der Waals surface area contributed by atoms with Crippen molar-refractivity contribution in [2.24, 2.45) is 12.0 Å². The largest absolute Gasteiger partial charge is 0.338 e. The van der Waals surface area contributed by atoms with Gasteiger partial charge in [0.05, 0.1) is 11.4 Å². The first-order valence-electron chi connectivity index (χ1n) is 9.21. The SMILES string of the molecule is Cn1cc(C2CCCCC2)nc1CCC1=Nc2ccccc2PC1. The average Bonchev–Trinajstić information content (AvgIpc) is 3.01. The molecular weight excluding hydrogens is 313 g/mol. The Bertz CT molecular complexity index is 741. The van der Waals surface area contributed by atoms with Crippen LogP contribution >= 0.6 is 8.58 Å². The number of fused-ring (bicyclic) bond motifs is 1. The van der Waals surface area contributed by atoms with Crippen LogP contribution in [-0.2, 0) is 13.5 Å². The van der Waals surface area contributed by atoms with Gasteiger partial charge >= 0.3 is 0 Å². The average molecular weight is 339 g/mol. The Kier molecular flexibility index (Phi) is 4.80. The number of nitrogens with zero attached hydrogens (tertiary/aromatic N) is 3. The monoisotopic (exact) mass is 339 g/mol. The molecule has 3 nitrogen and oxygen atoms in total. The summed E-state index contributed by atoms with van der Waals surface area (Å²) in [6.07, 6.45) is 12.2. The Morgan fingerprint density at radius 3 is 2.83 bits per heavy atom. The summed E-state index contributed by atoms with van der Waals surface area (Å²) in [7, 11) is 3.02. The lowest BCUT2D eigenvalue weighted by Crippen LogP contribution is -2.13. The van der Waals surface area contributed by atoms with E-state index in [9.17, 15) is 0 Å². The molecule has 4 rings (SSSR count). The zero-order valence-corrected chi connectivity index (χ0v) is 15.5. The van der Waals surface area contributed by atoms with Gasteiger partial charge in [-0.1, -0.05) is 46.0 Å². The fourth-order valence-electron chi connectivity index (χ4n) is 3.89. The molecule has 0 saturated heterocycles. The minimum Gasteiger partial charge on any atom is -0.338 e. The van der Waals surface area contributed by atoms with Crippen LogP contribution in [0.4, 0.5) is 5.69 Å². The van der Waals surface area contributed by atoms with Crippen LogP contribution in [0.3, 0.4) is 0 Å². The third-order valence-corrected chi connectivity index (χ3v) is 6.71. The Morgan fingerprint density at radius 1 is 1.12 bits per heavy atom. The van der Waals surface area contributed by atoms with Crippen molar-refractivity contribution in [1.29, 1.82) is 0 Å². The van der Waals surface area contributed by atoms with Crippen LogP contribution in [0.25, 0.3) is 0 Å². The minimum atomic E-state index is 0.694. The summed E-state index contributed by atoms with van der Waals surface area (Å²) in [6.45, 7) is 0. The molecule has 0 radical (unpaired) electrons. The number of rotatable bonds is 4. The van der Waals surface area contributed by atoms with E-state index in [1.54, 1.807) is 0 Å². The van der Waals surface area contributed by atoms with Crippen LogP contribution in [0.15, 0.2) is 35.5 Å². The van der Waals surface area contributed by atoms with Crippen LogP contribution in [0.2, 0.25) is 0 Å². The molecule has 1 unspecified atom stereocenters. The van der Waals surface area contributed by atoms with E-state index in [-0.39, 0.29) is 0 Å². The smallest absolute Gasteiger partial charge is 0.109 e. The third kappa shape index (κ3) is 3.47. The van der Waals surface area contributed by atoms with Crippen LogP contribution in [0, 0.1) is 0 Å². The Labute approximate surface area is 146 Å². The quantitative estimate of drug-likeness (QED) is 0.755. The molecule has 126 valence electrons. The molecule has 1 aromatic heterocycles. The summed E-state index contributed by atoms with van der Waals surface area (Å²) in [6, 6.07) is 8.56. The minimum absolute atomic E-state index is 0.694. The van der Waals surface area contributed by atoms with Gasteiger partial charge in [-0.2, -0.15) is 0 Å². The topological polar surface area (TPSA) is 30.2 Å². The molecule has 1 fully saturated rings. The molecule has 2 aliphatic rings. The van der Waals surface area contributed by atoms with Gasteiger partial charge in [-0.25, -0.2) is 4.98 Å². The highest BCUT2D eigenvalue weighted by Crippen LogP contribution is 2.32. The van der Waals surface area contributed by atoms with Gasteiger partial charge in [0.15, 0.2) is 0 Å². The molecule has 0 bridgehead atoms. The van der Waals surface area contributed by atoms with Gasteiger partial charge in [0.1, 0.15) is 5.82 Å². The second kappa shape index (κ2) is 7.19. The molecule has 24 heavy (non-hydrogen) atoms. The lowest BCUT2D eigenvalue weighted by molar-refractivity contribution is 0.437. The maximum Gasteiger partial charge on any atom is 0.109 e. The number of aliphatic imine (C=N–C) groups is 1. The zero-order chi connectivity index (χ0) is 16.4. The number of para-hydroxylation sites is 1. The molecule has 0 spiro atoms. The first kappa shape index (κ1) is 16.0. The van der Waals surface area contributed by atoms with Crippen molar-refractivity contribution < 1.29 is 0 Å². The van der Waals surface area contributed by atoms with E-state index in [2.05, 4.69) is 42.1 Å². The summed E-state index contributed by atoms with van der Waals surface area (Å²) >= 11 is 0. The highest BCUT2D eigenvalue weighted by atomic mass is 31.1. The maximum atomic E-state index is 4.97. The van der Waals surface area contributed by atoms with Crippen molar-refractivity contribution in [2.75, 3.05) is 6.16 Å². The van der Waals surface area contributed by atoms with E-state index < -0.39 is 0 Å². The van der Waals surface area contributed by atoms with Gasteiger partial charge in [-0.15, -0.1) is 0 Å². The number of imidazole rings is 1. The van der Waals surface area contributed by atoms with Gasteiger partial charge < -0.3 is 4.57 Å². The van der Waals surface area contributed by atoms with E-state index in [0.29, 0.717) is 5.92 Å². The standard InChI is InChI=1S/C20H26N3P/c1-23-13-18(15-7-3-2-4-8-15)22-20(23)12-11-16-14-24-19-10-6-5-9-17(19)21-16/h5-6,9-10,13,15,24H,2-4,7-8,11-12,14H2,1H3. The zero-order valence-electron chi connectivity index (χ0n) is 14.5. The van der Waals surface area contributed by atoms with Crippen LogP contribution < -0.4 is 5.30 Å². The molecule has 1 atom stereocenters. The lowest BCUT2D eigenvalue weighted by atomic mass is 9.87. The Hall–Kier alpha value is -1.47. The molecule has 2 heterocycles. The van der Waals surface area contributed by atoms with Crippen LogP contribution in [0.1, 0.15) is 56.0 Å². The van der Waals surface area contributed by atoms with Crippen molar-refractivity contribution in [3.8, 4) is 0 Å². The second-order valence-corrected chi connectivity index (χ2v) is 8.32. The second-order valence-electron chi connectivity index (χ2n) is 7.08. The Balaban J connectivity index is 1.43. The Morgan fingerprint density at radius 2 is 1.96 bits per heavy atom. The fourth-order valence-corrected chi connectivity index (χ4v) is 5.07. The van der Waals surface area contributed by atoms with Gasteiger partial charge in [-0.3, -0.25) is 4.99 Å². The first-order valence-corrected chi connectivity index (χ1v) is 10.4.